The van der Waals surface area contributed by atoms with E-state index < -0.39 is 11.5 Å². The summed E-state index contributed by atoms with van der Waals surface area (Å²) in [7, 11) is 0. The zero-order valence-corrected chi connectivity index (χ0v) is 13.4. The minimum atomic E-state index is -0.759. The van der Waals surface area contributed by atoms with Crippen LogP contribution in [0.5, 0.6) is 0 Å². The predicted octanol–water partition coefficient (Wildman–Crippen LogP) is 3.35. The van der Waals surface area contributed by atoms with Gasteiger partial charge in [0.15, 0.2) is 0 Å². The van der Waals surface area contributed by atoms with E-state index in [2.05, 4.69) is 5.32 Å². The molecule has 0 bridgehead atoms. The Kier molecular flexibility index (Phi) is 6.49. The van der Waals surface area contributed by atoms with Crippen molar-refractivity contribution in [2.75, 3.05) is 13.2 Å². The quantitative estimate of drug-likeness (QED) is 0.607. The van der Waals surface area contributed by atoms with Crippen molar-refractivity contribution >= 4 is 5.97 Å². The maximum absolute atomic E-state index is 11.4. The van der Waals surface area contributed by atoms with Crippen LogP contribution in [0.2, 0.25) is 0 Å². The van der Waals surface area contributed by atoms with Gasteiger partial charge in [0.25, 0.3) is 0 Å². The number of unbranched alkanes of at least 4 members (excludes halogenated alkanes) is 1. The summed E-state index contributed by atoms with van der Waals surface area (Å²) < 4.78 is 5.77. The second-order valence-electron chi connectivity index (χ2n) is 7.09. The molecular formula is C17H31NO3. The summed E-state index contributed by atoms with van der Waals surface area (Å²) in [6.45, 7) is 3.49. The van der Waals surface area contributed by atoms with Crippen LogP contribution in [0.1, 0.15) is 71.1 Å². The molecule has 2 aliphatic rings. The first-order valence-electron chi connectivity index (χ1n) is 8.69. The van der Waals surface area contributed by atoms with E-state index in [-0.39, 0.29) is 0 Å². The standard InChI is InChI=1S/C17H31NO3/c1-17(16(19)20,18-15-9-10-15)11-5-6-12-21-13-14-7-3-2-4-8-14/h14-15,18H,2-13H2,1H3,(H,19,20). The van der Waals surface area contributed by atoms with E-state index in [0.29, 0.717) is 12.5 Å². The molecule has 0 aromatic heterocycles. The smallest absolute Gasteiger partial charge is 0.323 e. The Morgan fingerprint density at radius 2 is 1.90 bits per heavy atom. The van der Waals surface area contributed by atoms with Crippen molar-refractivity contribution in [1.82, 2.24) is 5.32 Å². The number of aliphatic carboxylic acids is 1. The van der Waals surface area contributed by atoms with Gasteiger partial charge in [-0.2, -0.15) is 0 Å². The molecule has 2 N–H and O–H groups in total. The molecule has 0 aromatic carbocycles. The Labute approximate surface area is 128 Å². The van der Waals surface area contributed by atoms with Crippen LogP contribution >= 0.6 is 0 Å². The average molecular weight is 297 g/mol. The molecule has 2 aliphatic carbocycles. The number of hydrogen-bond acceptors (Lipinski definition) is 3. The van der Waals surface area contributed by atoms with Crippen molar-refractivity contribution in [2.45, 2.75) is 82.7 Å². The van der Waals surface area contributed by atoms with Crippen LogP contribution < -0.4 is 5.32 Å². The molecule has 0 radical (unpaired) electrons. The molecule has 0 aliphatic heterocycles. The van der Waals surface area contributed by atoms with Gasteiger partial charge in [-0.25, -0.2) is 0 Å². The molecule has 4 heteroatoms. The first-order chi connectivity index (χ1) is 10.1. The molecule has 0 saturated heterocycles. The van der Waals surface area contributed by atoms with E-state index in [4.69, 9.17) is 4.74 Å². The number of carboxylic acid groups (broad SMARTS) is 1. The number of rotatable bonds is 10. The molecule has 0 aromatic rings. The van der Waals surface area contributed by atoms with Crippen molar-refractivity contribution in [3.05, 3.63) is 0 Å². The van der Waals surface area contributed by atoms with Crippen LogP contribution in [0.15, 0.2) is 0 Å². The molecule has 2 fully saturated rings. The Morgan fingerprint density at radius 1 is 1.19 bits per heavy atom. The summed E-state index contributed by atoms with van der Waals surface area (Å²) in [6, 6.07) is 0.425. The Morgan fingerprint density at radius 3 is 2.52 bits per heavy atom. The third-order valence-corrected chi connectivity index (χ3v) is 4.87. The zero-order chi connectivity index (χ0) is 15.1. The van der Waals surface area contributed by atoms with Crippen LogP contribution in [0.25, 0.3) is 0 Å². The Balaban J connectivity index is 1.53. The molecule has 122 valence electrons. The largest absolute Gasteiger partial charge is 0.480 e. The van der Waals surface area contributed by atoms with Gasteiger partial charge < -0.3 is 9.84 Å². The van der Waals surface area contributed by atoms with Gasteiger partial charge in [-0.3, -0.25) is 10.1 Å². The second kappa shape index (κ2) is 8.14. The molecule has 21 heavy (non-hydrogen) atoms. The number of nitrogens with one attached hydrogen (secondary N) is 1. The van der Waals surface area contributed by atoms with Gasteiger partial charge in [0.1, 0.15) is 5.54 Å². The first-order valence-corrected chi connectivity index (χ1v) is 8.69. The van der Waals surface area contributed by atoms with Crippen LogP contribution in [-0.2, 0) is 9.53 Å². The Bertz CT molecular complexity index is 324. The fourth-order valence-corrected chi connectivity index (χ4v) is 3.21. The first kappa shape index (κ1) is 16.8. The summed E-state index contributed by atoms with van der Waals surface area (Å²) in [5.74, 6) is 0.0390. The van der Waals surface area contributed by atoms with Crippen molar-refractivity contribution in [3.63, 3.8) is 0 Å². The fourth-order valence-electron chi connectivity index (χ4n) is 3.21. The highest BCUT2D eigenvalue weighted by molar-refractivity contribution is 5.78. The maximum atomic E-state index is 11.4. The fraction of sp³-hybridized carbons (Fsp3) is 0.941. The number of hydrogen-bond donors (Lipinski definition) is 2. The molecule has 4 nitrogen and oxygen atoms in total. The van der Waals surface area contributed by atoms with E-state index in [0.717, 1.165) is 44.8 Å². The molecule has 0 spiro atoms. The maximum Gasteiger partial charge on any atom is 0.323 e. The lowest BCUT2D eigenvalue weighted by Gasteiger charge is -2.26. The van der Waals surface area contributed by atoms with Crippen LogP contribution in [0, 0.1) is 5.92 Å². The minimum Gasteiger partial charge on any atom is -0.480 e. The van der Waals surface area contributed by atoms with E-state index in [9.17, 15) is 9.90 Å². The SMILES string of the molecule is CC(CCCCOCC1CCCCC1)(NC1CC1)C(=O)O. The van der Waals surface area contributed by atoms with Crippen LogP contribution in [0.3, 0.4) is 0 Å². The van der Waals surface area contributed by atoms with E-state index in [1.54, 1.807) is 0 Å². The lowest BCUT2D eigenvalue weighted by atomic mass is 9.90. The number of carbonyl (C=O) groups is 1. The minimum absolute atomic E-state index is 0.425. The Hall–Kier alpha value is -0.610. The summed E-state index contributed by atoms with van der Waals surface area (Å²) in [5, 5.41) is 12.7. The van der Waals surface area contributed by atoms with E-state index in [1.807, 2.05) is 6.92 Å². The molecule has 1 unspecified atom stereocenters. The van der Waals surface area contributed by atoms with Gasteiger partial charge in [-0.1, -0.05) is 19.3 Å². The summed E-state index contributed by atoms with van der Waals surface area (Å²) in [6.07, 6.45) is 11.5. The van der Waals surface area contributed by atoms with Gasteiger partial charge in [0, 0.05) is 19.3 Å². The normalized spacial score (nSPS) is 22.9. The summed E-state index contributed by atoms with van der Waals surface area (Å²) >= 11 is 0. The van der Waals surface area contributed by atoms with Gasteiger partial charge >= 0.3 is 5.97 Å². The van der Waals surface area contributed by atoms with Crippen molar-refractivity contribution < 1.29 is 14.6 Å². The number of ether oxygens (including phenoxy) is 1. The van der Waals surface area contributed by atoms with Crippen molar-refractivity contribution in [3.8, 4) is 0 Å². The lowest BCUT2D eigenvalue weighted by molar-refractivity contribution is -0.144. The average Bonchev–Trinajstić information content (AvgIpc) is 3.27. The van der Waals surface area contributed by atoms with Crippen LogP contribution in [0.4, 0.5) is 0 Å². The monoisotopic (exact) mass is 297 g/mol. The predicted molar refractivity (Wildman–Crippen MR) is 83.4 cm³/mol. The highest BCUT2D eigenvalue weighted by atomic mass is 16.5. The summed E-state index contributed by atoms with van der Waals surface area (Å²) in [5.41, 5.74) is -0.759. The number of carboxylic acids is 1. The van der Waals surface area contributed by atoms with Gasteiger partial charge in [-0.05, 0) is 57.8 Å². The van der Waals surface area contributed by atoms with E-state index in [1.165, 1.54) is 32.1 Å². The third-order valence-electron chi connectivity index (χ3n) is 4.87. The summed E-state index contributed by atoms with van der Waals surface area (Å²) in [4.78, 5) is 11.4. The topological polar surface area (TPSA) is 58.6 Å². The molecular weight excluding hydrogens is 266 g/mol. The highest BCUT2D eigenvalue weighted by Gasteiger charge is 2.37. The van der Waals surface area contributed by atoms with E-state index >= 15 is 0 Å². The third kappa shape index (κ3) is 5.95. The second-order valence-corrected chi connectivity index (χ2v) is 7.09. The van der Waals surface area contributed by atoms with Crippen LogP contribution in [-0.4, -0.2) is 35.9 Å². The highest BCUT2D eigenvalue weighted by Crippen LogP contribution is 2.26. The van der Waals surface area contributed by atoms with Crippen molar-refractivity contribution in [1.29, 1.82) is 0 Å². The lowest BCUT2D eigenvalue weighted by Crippen LogP contribution is -2.50. The molecule has 2 rings (SSSR count). The van der Waals surface area contributed by atoms with Gasteiger partial charge in [0.2, 0.25) is 0 Å². The molecule has 2 saturated carbocycles. The van der Waals surface area contributed by atoms with Gasteiger partial charge in [0.05, 0.1) is 0 Å². The molecule has 0 heterocycles. The zero-order valence-electron chi connectivity index (χ0n) is 13.4. The molecule has 0 amide bonds. The van der Waals surface area contributed by atoms with Gasteiger partial charge in [-0.15, -0.1) is 0 Å². The van der Waals surface area contributed by atoms with Crippen molar-refractivity contribution in [2.24, 2.45) is 5.92 Å². The molecule has 1 atom stereocenters.